The van der Waals surface area contributed by atoms with Gasteiger partial charge in [-0.2, -0.15) is 0 Å². The second kappa shape index (κ2) is 5.96. The first-order valence-corrected chi connectivity index (χ1v) is 7.97. The van der Waals surface area contributed by atoms with E-state index in [9.17, 15) is 8.78 Å². The molecule has 18 heavy (non-hydrogen) atoms. The molecule has 1 aliphatic carbocycles. The van der Waals surface area contributed by atoms with Crippen LogP contribution >= 0.6 is 0 Å². The largest absolute Gasteiger partial charge is 0.204 e. The maximum atomic E-state index is 13.7. The van der Waals surface area contributed by atoms with Crippen LogP contribution in [0.2, 0.25) is 6.04 Å². The highest BCUT2D eigenvalue weighted by Crippen LogP contribution is 2.30. The Bertz CT molecular complexity index is 409. The number of hydrogen-bond donors (Lipinski definition) is 0. The van der Waals surface area contributed by atoms with E-state index in [0.717, 1.165) is 12.0 Å². The summed E-state index contributed by atoms with van der Waals surface area (Å²) in [6.45, 7) is 3.90. The summed E-state index contributed by atoms with van der Waals surface area (Å²) in [5.74, 6) is 0.260. The molecule has 98 valence electrons. The lowest BCUT2D eigenvalue weighted by atomic mass is 9.84. The Hall–Kier alpha value is -0.703. The van der Waals surface area contributed by atoms with Crippen LogP contribution in [0.4, 0.5) is 8.78 Å². The molecule has 1 aromatic carbocycles. The third kappa shape index (κ3) is 3.19. The van der Waals surface area contributed by atoms with Crippen LogP contribution in [0.3, 0.4) is 0 Å². The van der Waals surface area contributed by atoms with E-state index in [-0.39, 0.29) is 0 Å². The van der Waals surface area contributed by atoms with E-state index in [1.54, 1.807) is 19.1 Å². The zero-order valence-corrected chi connectivity index (χ0v) is 12.1. The van der Waals surface area contributed by atoms with Crippen molar-refractivity contribution in [3.05, 3.63) is 29.3 Å². The molecule has 3 heteroatoms. The Labute approximate surface area is 111 Å². The molecule has 0 atom stereocenters. The Morgan fingerprint density at radius 3 is 2.44 bits per heavy atom. The zero-order chi connectivity index (χ0) is 13.1. The summed E-state index contributed by atoms with van der Waals surface area (Å²) in [5, 5.41) is 0.566. The Kier molecular flexibility index (Phi) is 4.54. The summed E-state index contributed by atoms with van der Waals surface area (Å²) < 4.78 is 27.1. The molecule has 0 aliphatic heterocycles. The Morgan fingerprint density at radius 2 is 1.78 bits per heavy atom. The van der Waals surface area contributed by atoms with Gasteiger partial charge in [0.05, 0.1) is 9.52 Å². The maximum Gasteiger partial charge on any atom is 0.161 e. The molecule has 0 aromatic heterocycles. The van der Waals surface area contributed by atoms with E-state index in [0.29, 0.717) is 26.2 Å². The van der Waals surface area contributed by atoms with Crippen LogP contribution in [-0.4, -0.2) is 9.52 Å². The minimum absolute atomic E-state index is 0.396. The maximum absolute atomic E-state index is 13.7. The van der Waals surface area contributed by atoms with E-state index in [1.165, 1.54) is 25.7 Å². The standard InChI is InChI=1S/C15H20F2Si/c1-10-3-6-12(7-4-10)9-18-13-8-5-11(2)14(16)15(13)17/h5,8,10,12H,3-4,6-7,9H2,1-2H3. The molecule has 1 aliphatic rings. The molecule has 0 bridgehead atoms. The van der Waals surface area contributed by atoms with Gasteiger partial charge in [0.15, 0.2) is 11.6 Å². The Balaban J connectivity index is 1.92. The van der Waals surface area contributed by atoms with Crippen molar-refractivity contribution >= 4 is 14.7 Å². The van der Waals surface area contributed by atoms with Crippen LogP contribution in [0.5, 0.6) is 0 Å². The average molecular weight is 266 g/mol. The van der Waals surface area contributed by atoms with Crippen molar-refractivity contribution in [1.82, 2.24) is 0 Å². The van der Waals surface area contributed by atoms with Crippen LogP contribution in [0, 0.1) is 30.4 Å². The van der Waals surface area contributed by atoms with Gasteiger partial charge in [-0.1, -0.05) is 50.8 Å². The summed E-state index contributed by atoms with van der Waals surface area (Å²) in [6, 6.07) is 4.45. The molecule has 0 unspecified atom stereocenters. The van der Waals surface area contributed by atoms with Gasteiger partial charge in [0, 0.05) is 0 Å². The number of benzene rings is 1. The quantitative estimate of drug-likeness (QED) is 0.729. The fourth-order valence-corrected chi connectivity index (χ4v) is 3.95. The van der Waals surface area contributed by atoms with Crippen molar-refractivity contribution in [3.8, 4) is 0 Å². The molecule has 0 heterocycles. The van der Waals surface area contributed by atoms with Crippen molar-refractivity contribution in [2.24, 2.45) is 11.8 Å². The third-order valence-corrected chi connectivity index (χ3v) is 5.54. The van der Waals surface area contributed by atoms with Gasteiger partial charge in [0.2, 0.25) is 0 Å². The number of aryl methyl sites for hydroxylation is 1. The fourth-order valence-electron chi connectivity index (χ4n) is 2.57. The van der Waals surface area contributed by atoms with E-state index >= 15 is 0 Å². The van der Waals surface area contributed by atoms with Gasteiger partial charge in [-0.05, 0) is 29.5 Å². The predicted molar refractivity (Wildman–Crippen MR) is 72.4 cm³/mol. The second-order valence-electron chi connectivity index (χ2n) is 5.56. The lowest BCUT2D eigenvalue weighted by molar-refractivity contribution is 0.307. The molecule has 1 fully saturated rings. The molecule has 0 amide bonds. The minimum Gasteiger partial charge on any atom is -0.204 e. The highest BCUT2D eigenvalue weighted by molar-refractivity contribution is 6.53. The van der Waals surface area contributed by atoms with Gasteiger partial charge >= 0.3 is 0 Å². The number of halogens is 2. The summed E-state index contributed by atoms with van der Waals surface area (Å²) >= 11 is 0. The van der Waals surface area contributed by atoms with Crippen molar-refractivity contribution in [3.63, 3.8) is 0 Å². The van der Waals surface area contributed by atoms with Gasteiger partial charge in [-0.15, -0.1) is 0 Å². The first kappa shape index (κ1) is 13.7. The monoisotopic (exact) mass is 266 g/mol. The first-order valence-electron chi connectivity index (χ1n) is 6.76. The van der Waals surface area contributed by atoms with E-state index in [2.05, 4.69) is 6.92 Å². The van der Waals surface area contributed by atoms with Gasteiger partial charge in [0.25, 0.3) is 0 Å². The molecule has 0 N–H and O–H groups in total. The molecule has 2 radical (unpaired) electrons. The SMILES string of the molecule is Cc1ccc([Si]CC2CCC(C)CC2)c(F)c1F. The zero-order valence-electron chi connectivity index (χ0n) is 11.1. The number of rotatable bonds is 3. The first-order chi connectivity index (χ1) is 8.58. The third-order valence-electron chi connectivity index (χ3n) is 3.99. The molecule has 0 spiro atoms. The van der Waals surface area contributed by atoms with Gasteiger partial charge < -0.3 is 0 Å². The van der Waals surface area contributed by atoms with Crippen LogP contribution in [-0.2, 0) is 0 Å². The lowest BCUT2D eigenvalue weighted by Gasteiger charge is -2.25. The van der Waals surface area contributed by atoms with Crippen LogP contribution in [0.15, 0.2) is 12.1 Å². The normalized spacial score (nSPS) is 24.2. The predicted octanol–water partition coefficient (Wildman–Crippen LogP) is 3.85. The molecule has 0 saturated heterocycles. The van der Waals surface area contributed by atoms with Gasteiger partial charge in [0.1, 0.15) is 0 Å². The second-order valence-corrected chi connectivity index (χ2v) is 6.87. The molecular formula is C15H20F2Si. The van der Waals surface area contributed by atoms with Crippen LogP contribution in [0.1, 0.15) is 38.2 Å². The molecule has 1 saturated carbocycles. The summed E-state index contributed by atoms with van der Waals surface area (Å²) in [4.78, 5) is 0. The van der Waals surface area contributed by atoms with Gasteiger partial charge in [-0.25, -0.2) is 8.78 Å². The van der Waals surface area contributed by atoms with Crippen molar-refractivity contribution in [2.45, 2.75) is 45.6 Å². The lowest BCUT2D eigenvalue weighted by Crippen LogP contribution is -2.24. The van der Waals surface area contributed by atoms with Gasteiger partial charge in [-0.3, -0.25) is 0 Å². The topological polar surface area (TPSA) is 0 Å². The summed E-state index contributed by atoms with van der Waals surface area (Å²) in [6.07, 6.45) is 5.09. The van der Waals surface area contributed by atoms with E-state index < -0.39 is 11.6 Å². The smallest absolute Gasteiger partial charge is 0.161 e. The van der Waals surface area contributed by atoms with Crippen molar-refractivity contribution in [1.29, 1.82) is 0 Å². The molecule has 1 aromatic rings. The van der Waals surface area contributed by atoms with E-state index in [1.807, 2.05) is 0 Å². The summed E-state index contributed by atoms with van der Waals surface area (Å²) in [7, 11) is 0.404. The highest BCUT2D eigenvalue weighted by atomic mass is 28.2. The molecule has 0 nitrogen and oxygen atoms in total. The minimum atomic E-state index is -0.669. The summed E-state index contributed by atoms with van der Waals surface area (Å²) in [5.41, 5.74) is 0.396. The molecule has 2 rings (SSSR count). The fraction of sp³-hybridized carbons (Fsp3) is 0.600. The van der Waals surface area contributed by atoms with Crippen molar-refractivity contribution < 1.29 is 8.78 Å². The van der Waals surface area contributed by atoms with E-state index in [4.69, 9.17) is 0 Å². The van der Waals surface area contributed by atoms with Crippen LogP contribution < -0.4 is 5.19 Å². The highest BCUT2D eigenvalue weighted by Gasteiger charge is 2.19. The molecular weight excluding hydrogens is 246 g/mol. The van der Waals surface area contributed by atoms with Crippen LogP contribution in [0.25, 0.3) is 0 Å². The number of hydrogen-bond acceptors (Lipinski definition) is 0. The average Bonchev–Trinajstić information content (AvgIpc) is 2.37. The van der Waals surface area contributed by atoms with Crippen molar-refractivity contribution in [2.75, 3.05) is 0 Å². The Morgan fingerprint density at radius 1 is 1.11 bits per heavy atom.